The minimum Gasteiger partial charge on any atom is -0.309 e. The van der Waals surface area contributed by atoms with Crippen molar-refractivity contribution in [3.05, 3.63) is 261 Å². The lowest BCUT2D eigenvalue weighted by molar-refractivity contribution is 1.18. The molecule has 1 aliphatic rings. The van der Waals surface area contributed by atoms with Crippen molar-refractivity contribution in [1.82, 2.24) is 4.57 Å². The second kappa shape index (κ2) is 16.9. The van der Waals surface area contributed by atoms with Crippen molar-refractivity contribution in [3.63, 3.8) is 0 Å². The van der Waals surface area contributed by atoms with Crippen molar-refractivity contribution in [3.8, 4) is 94.7 Å². The summed E-state index contributed by atoms with van der Waals surface area (Å²) in [5, 5.41) is 5.51. The van der Waals surface area contributed by atoms with Gasteiger partial charge in [-0.2, -0.15) is 0 Å². The Bertz CT molecular complexity index is 3700. The van der Waals surface area contributed by atoms with Gasteiger partial charge in [0.05, 0.1) is 11.0 Å². The third-order valence-corrected chi connectivity index (χ3v) is 18.4. The quantitative estimate of drug-likeness (QED) is 0.134. The summed E-state index contributed by atoms with van der Waals surface area (Å²) in [5.74, 6) is 0. The highest BCUT2D eigenvalue weighted by atomic mass is 28.3. The van der Waals surface area contributed by atoms with Gasteiger partial charge in [0, 0.05) is 16.5 Å². The van der Waals surface area contributed by atoms with Gasteiger partial charge in [0.1, 0.15) is 8.07 Å². The molecule has 0 N–H and O–H groups in total. The maximum Gasteiger partial charge on any atom is 0.113 e. The third kappa shape index (κ3) is 7.24. The van der Waals surface area contributed by atoms with Crippen LogP contribution in [0.4, 0.5) is 0 Å². The van der Waals surface area contributed by atoms with Gasteiger partial charge in [0.25, 0.3) is 0 Å². The van der Waals surface area contributed by atoms with Crippen molar-refractivity contribution in [1.29, 1.82) is 0 Å². The first-order chi connectivity index (χ1) is 34.4. The average molecular weight is 908 g/mol. The molecule has 2 heterocycles. The van der Waals surface area contributed by atoms with Crippen LogP contribution in [-0.2, 0) is 0 Å². The van der Waals surface area contributed by atoms with Gasteiger partial charge in [-0.15, -0.1) is 0 Å². The smallest absolute Gasteiger partial charge is 0.113 e. The number of hydrogen-bond donors (Lipinski definition) is 0. The molecule has 2 heteroatoms. The minimum atomic E-state index is -2.04. The molecule has 1 nitrogen and oxygen atoms in total. The lowest BCUT2D eigenvalue weighted by atomic mass is 9.96. The molecule has 330 valence electrons. The van der Waals surface area contributed by atoms with Crippen LogP contribution >= 0.6 is 0 Å². The summed E-state index contributed by atoms with van der Waals surface area (Å²) in [6, 6.07) is 96.4. The molecule has 0 radical (unpaired) electrons. The van der Waals surface area contributed by atoms with E-state index in [4.69, 9.17) is 0 Å². The van der Waals surface area contributed by atoms with Crippen LogP contribution in [0.25, 0.3) is 117 Å². The van der Waals surface area contributed by atoms with E-state index in [-0.39, 0.29) is 0 Å². The molecule has 0 saturated carbocycles. The highest BCUT2D eigenvalue weighted by Gasteiger charge is 2.38. The number of aromatic nitrogens is 1. The standard InChI is InChI=1S/C68H49NSi/c1-70(2)67-44-59(48-16-10-5-11-17-48)34-38-61(67)62-39-37-60(45-68(62)70)69-65-40-35-57(55-30-26-53(27-31-55)51-22-18-49(19-23-51)46-12-6-3-7-13-46)42-63(65)64-43-58(36-41-66(64)69)56-32-28-54(29-33-56)52-24-20-50(21-25-52)47-14-8-4-9-15-47/h3-45H,1-2H3. The zero-order chi connectivity index (χ0) is 46.8. The first-order valence-electron chi connectivity index (χ1n) is 24.4. The van der Waals surface area contributed by atoms with Crippen LogP contribution in [0.5, 0.6) is 0 Å². The summed E-state index contributed by atoms with van der Waals surface area (Å²) < 4.78 is 2.51. The lowest BCUT2D eigenvalue weighted by Gasteiger charge is -2.20. The van der Waals surface area contributed by atoms with Crippen LogP contribution in [0.1, 0.15) is 0 Å². The molecule has 0 amide bonds. The van der Waals surface area contributed by atoms with Crippen LogP contribution < -0.4 is 10.4 Å². The Labute approximate surface area is 411 Å². The number of rotatable bonds is 8. The summed E-state index contributed by atoms with van der Waals surface area (Å²) >= 11 is 0. The first kappa shape index (κ1) is 41.6. The monoisotopic (exact) mass is 907 g/mol. The summed E-state index contributed by atoms with van der Waals surface area (Å²) in [6.07, 6.45) is 0. The van der Waals surface area contributed by atoms with Gasteiger partial charge < -0.3 is 4.57 Å². The lowest BCUT2D eigenvalue weighted by Crippen LogP contribution is -2.49. The maximum absolute atomic E-state index is 2.52. The molecule has 1 aromatic heterocycles. The van der Waals surface area contributed by atoms with E-state index in [1.807, 2.05) is 0 Å². The molecule has 1 aliphatic heterocycles. The van der Waals surface area contributed by atoms with E-state index in [1.165, 1.54) is 127 Å². The molecule has 0 unspecified atom stereocenters. The Morgan fingerprint density at radius 1 is 0.243 bits per heavy atom. The number of benzene rings is 11. The molecule has 0 saturated heterocycles. The predicted octanol–water partition coefficient (Wildman–Crippen LogP) is 17.3. The van der Waals surface area contributed by atoms with E-state index in [2.05, 4.69) is 279 Å². The van der Waals surface area contributed by atoms with Crippen molar-refractivity contribution in [2.45, 2.75) is 13.1 Å². The van der Waals surface area contributed by atoms with E-state index in [1.54, 1.807) is 0 Å². The highest BCUT2D eigenvalue weighted by molar-refractivity contribution is 7.03. The topological polar surface area (TPSA) is 4.93 Å². The van der Waals surface area contributed by atoms with Crippen LogP contribution in [0.3, 0.4) is 0 Å². The maximum atomic E-state index is 2.52. The van der Waals surface area contributed by atoms with Crippen LogP contribution in [0.15, 0.2) is 261 Å². The third-order valence-electron chi connectivity index (χ3n) is 14.9. The SMILES string of the molecule is C[Si]1(C)c2cc(-c3ccccc3)ccc2-c2ccc(-n3c4ccc(-c5ccc(-c6ccc(-c7ccccc7)cc6)cc5)cc4c4cc(-c5ccc(-c6ccc(-c7ccccc7)cc6)cc5)ccc43)cc21. The fraction of sp³-hybridized carbons (Fsp3) is 0.0294. The number of fused-ring (bicyclic) bond motifs is 6. The molecule has 0 spiro atoms. The van der Waals surface area contributed by atoms with Crippen molar-refractivity contribution in [2.24, 2.45) is 0 Å². The van der Waals surface area contributed by atoms with Gasteiger partial charge in [-0.05, 0) is 136 Å². The van der Waals surface area contributed by atoms with Crippen LogP contribution in [0.2, 0.25) is 13.1 Å². The summed E-state index contributed by atoms with van der Waals surface area (Å²) in [5.41, 5.74) is 23.6. The molecular weight excluding hydrogens is 859 g/mol. The number of nitrogens with zero attached hydrogens (tertiary/aromatic N) is 1. The predicted molar refractivity (Wildman–Crippen MR) is 301 cm³/mol. The molecule has 0 bridgehead atoms. The Kier molecular flexibility index (Phi) is 10.0. The number of hydrogen-bond acceptors (Lipinski definition) is 0. The Balaban J connectivity index is 0.885. The van der Waals surface area contributed by atoms with Crippen LogP contribution in [-0.4, -0.2) is 12.6 Å². The molecular formula is C68H49NSi. The highest BCUT2D eigenvalue weighted by Crippen LogP contribution is 2.40. The van der Waals surface area contributed by atoms with E-state index >= 15 is 0 Å². The summed E-state index contributed by atoms with van der Waals surface area (Å²) in [6.45, 7) is 5.05. The summed E-state index contributed by atoms with van der Waals surface area (Å²) in [4.78, 5) is 0. The largest absolute Gasteiger partial charge is 0.309 e. The fourth-order valence-electron chi connectivity index (χ4n) is 11.0. The van der Waals surface area contributed by atoms with E-state index in [0.717, 1.165) is 0 Å². The van der Waals surface area contributed by atoms with Gasteiger partial charge in [-0.1, -0.05) is 238 Å². The molecule has 11 aromatic carbocycles. The van der Waals surface area contributed by atoms with Crippen LogP contribution in [0, 0.1) is 0 Å². The Morgan fingerprint density at radius 3 is 0.900 bits per heavy atom. The zero-order valence-electron chi connectivity index (χ0n) is 39.3. The van der Waals surface area contributed by atoms with E-state index in [9.17, 15) is 0 Å². The average Bonchev–Trinajstić information content (AvgIpc) is 3.88. The van der Waals surface area contributed by atoms with Gasteiger partial charge in [0.15, 0.2) is 0 Å². The fourth-order valence-corrected chi connectivity index (χ4v) is 14.1. The molecule has 12 aromatic rings. The van der Waals surface area contributed by atoms with Crippen molar-refractivity contribution >= 4 is 40.3 Å². The Morgan fingerprint density at radius 2 is 0.514 bits per heavy atom. The van der Waals surface area contributed by atoms with E-state index < -0.39 is 8.07 Å². The second-order valence-electron chi connectivity index (χ2n) is 19.3. The normalized spacial score (nSPS) is 12.5. The Hall–Kier alpha value is -8.56. The molecule has 13 rings (SSSR count). The summed E-state index contributed by atoms with van der Waals surface area (Å²) in [7, 11) is -2.04. The molecule has 0 aliphatic carbocycles. The minimum absolute atomic E-state index is 1.20. The van der Waals surface area contributed by atoms with Gasteiger partial charge in [0.2, 0.25) is 0 Å². The van der Waals surface area contributed by atoms with Gasteiger partial charge >= 0.3 is 0 Å². The van der Waals surface area contributed by atoms with Gasteiger partial charge in [-0.25, -0.2) is 0 Å². The molecule has 0 fully saturated rings. The molecule has 0 atom stereocenters. The second-order valence-corrected chi connectivity index (χ2v) is 23.6. The molecule has 70 heavy (non-hydrogen) atoms. The van der Waals surface area contributed by atoms with Gasteiger partial charge in [-0.3, -0.25) is 0 Å². The zero-order valence-corrected chi connectivity index (χ0v) is 40.3. The van der Waals surface area contributed by atoms with Crippen molar-refractivity contribution in [2.75, 3.05) is 0 Å². The van der Waals surface area contributed by atoms with E-state index in [0.29, 0.717) is 0 Å². The first-order valence-corrected chi connectivity index (χ1v) is 27.4. The van der Waals surface area contributed by atoms with Crippen molar-refractivity contribution < 1.29 is 0 Å².